The largest absolute Gasteiger partial charge is 0.305 e. The summed E-state index contributed by atoms with van der Waals surface area (Å²) in [6.45, 7) is 4.53. The van der Waals surface area contributed by atoms with Crippen LogP contribution in [0.1, 0.15) is 18.2 Å². The third kappa shape index (κ3) is 6.63. The Morgan fingerprint density at radius 2 is 1.82 bits per heavy atom. The molecule has 1 heterocycles. The number of benzene rings is 1. The lowest BCUT2D eigenvalue weighted by Crippen LogP contribution is -2.28. The first-order valence-electron chi connectivity index (χ1n) is 7.98. The maximum Gasteiger partial charge on any atom is 0.0416 e. The van der Waals surface area contributed by atoms with Crippen molar-refractivity contribution in [2.75, 3.05) is 25.9 Å². The molecule has 0 saturated carbocycles. The van der Waals surface area contributed by atoms with Crippen LogP contribution in [0.4, 0.5) is 0 Å². The summed E-state index contributed by atoms with van der Waals surface area (Å²) in [6.07, 6.45) is 4.06. The van der Waals surface area contributed by atoms with Crippen LogP contribution in [0.5, 0.6) is 0 Å². The molecule has 1 atom stereocenters. The van der Waals surface area contributed by atoms with E-state index in [1.165, 1.54) is 17.0 Å². The molecule has 0 bridgehead atoms. The number of hydrogen-bond acceptors (Lipinski definition) is 3. The van der Waals surface area contributed by atoms with E-state index >= 15 is 0 Å². The van der Waals surface area contributed by atoms with Crippen molar-refractivity contribution in [2.24, 2.45) is 0 Å². The van der Waals surface area contributed by atoms with Gasteiger partial charge >= 0.3 is 0 Å². The molecular weight excluding hydrogens is 288 g/mol. The van der Waals surface area contributed by atoms with Gasteiger partial charge in [-0.2, -0.15) is 11.8 Å². The Bertz CT molecular complexity index is 515. The number of thioether (sulfide) groups is 1. The van der Waals surface area contributed by atoms with Crippen LogP contribution in [0.3, 0.4) is 0 Å². The summed E-state index contributed by atoms with van der Waals surface area (Å²) >= 11 is 2.06. The lowest BCUT2D eigenvalue weighted by molar-refractivity contribution is 0.342. The Hall–Kier alpha value is -1.32. The van der Waals surface area contributed by atoms with Crippen LogP contribution in [-0.2, 0) is 12.8 Å². The average Bonchev–Trinajstić information content (AvgIpc) is 2.55. The van der Waals surface area contributed by atoms with E-state index in [2.05, 4.69) is 78.1 Å². The first-order chi connectivity index (χ1) is 10.7. The van der Waals surface area contributed by atoms with Gasteiger partial charge in [-0.3, -0.25) is 4.98 Å². The number of nitrogens with zero attached hydrogens (tertiary/aromatic N) is 2. The minimum atomic E-state index is 0.664. The van der Waals surface area contributed by atoms with Crippen molar-refractivity contribution in [2.45, 2.75) is 25.0 Å². The van der Waals surface area contributed by atoms with Crippen molar-refractivity contribution in [1.82, 2.24) is 9.88 Å². The van der Waals surface area contributed by atoms with Crippen molar-refractivity contribution in [3.05, 3.63) is 66.0 Å². The molecule has 2 rings (SSSR count). The van der Waals surface area contributed by atoms with Crippen molar-refractivity contribution >= 4 is 11.8 Å². The third-order valence-electron chi connectivity index (χ3n) is 3.68. The molecule has 1 aromatic carbocycles. The van der Waals surface area contributed by atoms with E-state index in [0.717, 1.165) is 25.9 Å². The van der Waals surface area contributed by atoms with Gasteiger partial charge in [0.1, 0.15) is 0 Å². The lowest BCUT2D eigenvalue weighted by Gasteiger charge is -2.20. The van der Waals surface area contributed by atoms with Gasteiger partial charge in [-0.15, -0.1) is 0 Å². The zero-order valence-corrected chi connectivity index (χ0v) is 14.4. The molecule has 0 saturated heterocycles. The van der Waals surface area contributed by atoms with Crippen LogP contribution in [0.15, 0.2) is 54.7 Å². The highest BCUT2D eigenvalue weighted by Crippen LogP contribution is 2.14. The Morgan fingerprint density at radius 1 is 1.05 bits per heavy atom. The van der Waals surface area contributed by atoms with E-state index in [9.17, 15) is 0 Å². The summed E-state index contributed by atoms with van der Waals surface area (Å²) in [5.74, 6) is 1.19. The summed E-state index contributed by atoms with van der Waals surface area (Å²) in [7, 11) is 2.21. The van der Waals surface area contributed by atoms with Crippen LogP contribution in [0.25, 0.3) is 0 Å². The van der Waals surface area contributed by atoms with E-state index in [-0.39, 0.29) is 0 Å². The number of hydrogen-bond donors (Lipinski definition) is 0. The van der Waals surface area contributed by atoms with Gasteiger partial charge in [0.05, 0.1) is 0 Å². The fraction of sp³-hybridized carbons (Fsp3) is 0.421. The van der Waals surface area contributed by atoms with Crippen LogP contribution in [0, 0.1) is 0 Å². The molecular formula is C19H26N2S. The average molecular weight is 314 g/mol. The molecule has 118 valence electrons. The summed E-state index contributed by atoms with van der Waals surface area (Å²) in [5.41, 5.74) is 2.62. The van der Waals surface area contributed by atoms with Gasteiger partial charge < -0.3 is 4.90 Å². The number of likely N-dealkylation sites (N-methyl/N-ethyl adjacent to an activating group) is 1. The second-order valence-electron chi connectivity index (χ2n) is 5.75. The summed E-state index contributed by atoms with van der Waals surface area (Å²) in [4.78, 5) is 6.79. The van der Waals surface area contributed by atoms with Gasteiger partial charge in [0.25, 0.3) is 0 Å². The second-order valence-corrected chi connectivity index (χ2v) is 7.30. The third-order valence-corrected chi connectivity index (χ3v) is 4.84. The topological polar surface area (TPSA) is 16.1 Å². The standard InChI is InChI=1S/C19H26N2S/c1-17(22-15-12-18-8-4-3-5-9-18)16-21(2)14-11-19-10-6-7-13-20-19/h3-10,13,17H,11-12,14-16H2,1-2H3. The van der Waals surface area contributed by atoms with Gasteiger partial charge in [0.2, 0.25) is 0 Å². The molecule has 0 amide bonds. The fourth-order valence-electron chi connectivity index (χ4n) is 2.46. The van der Waals surface area contributed by atoms with E-state index in [1.807, 2.05) is 12.3 Å². The molecule has 2 nitrogen and oxygen atoms in total. The number of pyridine rings is 1. The van der Waals surface area contributed by atoms with Crippen LogP contribution in [0.2, 0.25) is 0 Å². The molecule has 0 radical (unpaired) electrons. The zero-order valence-electron chi connectivity index (χ0n) is 13.6. The highest BCUT2D eigenvalue weighted by molar-refractivity contribution is 7.99. The SMILES string of the molecule is CC(CN(C)CCc1ccccn1)SCCc1ccccc1. The Labute approximate surface area is 139 Å². The molecule has 1 aromatic heterocycles. The zero-order chi connectivity index (χ0) is 15.6. The van der Waals surface area contributed by atoms with Crippen LogP contribution in [-0.4, -0.2) is 41.0 Å². The van der Waals surface area contributed by atoms with Crippen molar-refractivity contribution in [1.29, 1.82) is 0 Å². The first-order valence-corrected chi connectivity index (χ1v) is 9.03. The summed E-state index contributed by atoms with van der Waals surface area (Å²) in [5, 5.41) is 0.664. The lowest BCUT2D eigenvalue weighted by atomic mass is 10.2. The Balaban J connectivity index is 1.60. The Kier molecular flexibility index (Phi) is 7.47. The molecule has 0 fully saturated rings. The van der Waals surface area contributed by atoms with E-state index in [1.54, 1.807) is 0 Å². The summed E-state index contributed by atoms with van der Waals surface area (Å²) < 4.78 is 0. The highest BCUT2D eigenvalue weighted by Gasteiger charge is 2.07. The minimum absolute atomic E-state index is 0.664. The van der Waals surface area contributed by atoms with Gasteiger partial charge in [-0.05, 0) is 36.9 Å². The van der Waals surface area contributed by atoms with Gasteiger partial charge in [-0.25, -0.2) is 0 Å². The predicted octanol–water partition coefficient (Wildman–Crippen LogP) is 3.92. The highest BCUT2D eigenvalue weighted by atomic mass is 32.2. The van der Waals surface area contributed by atoms with Crippen LogP contribution < -0.4 is 0 Å². The van der Waals surface area contributed by atoms with Crippen LogP contribution >= 0.6 is 11.8 Å². The van der Waals surface area contributed by atoms with E-state index in [4.69, 9.17) is 0 Å². The number of aryl methyl sites for hydroxylation is 1. The number of rotatable bonds is 9. The monoisotopic (exact) mass is 314 g/mol. The second kappa shape index (κ2) is 9.65. The molecule has 0 spiro atoms. The minimum Gasteiger partial charge on any atom is -0.305 e. The van der Waals surface area contributed by atoms with E-state index < -0.39 is 0 Å². The molecule has 3 heteroatoms. The molecule has 0 aliphatic carbocycles. The molecule has 0 aliphatic heterocycles. The smallest absolute Gasteiger partial charge is 0.0416 e. The number of aromatic nitrogens is 1. The normalized spacial score (nSPS) is 12.5. The maximum absolute atomic E-state index is 4.38. The fourth-order valence-corrected chi connectivity index (χ4v) is 3.57. The maximum atomic E-state index is 4.38. The van der Waals surface area contributed by atoms with E-state index in [0.29, 0.717) is 5.25 Å². The molecule has 1 unspecified atom stereocenters. The van der Waals surface area contributed by atoms with Crippen molar-refractivity contribution in [3.63, 3.8) is 0 Å². The quantitative estimate of drug-likeness (QED) is 0.698. The molecule has 22 heavy (non-hydrogen) atoms. The molecule has 0 N–H and O–H groups in total. The van der Waals surface area contributed by atoms with Crippen molar-refractivity contribution < 1.29 is 0 Å². The Morgan fingerprint density at radius 3 is 2.55 bits per heavy atom. The predicted molar refractivity (Wildman–Crippen MR) is 97.5 cm³/mol. The van der Waals surface area contributed by atoms with Gasteiger partial charge in [0, 0.05) is 36.7 Å². The first kappa shape index (κ1) is 17.0. The van der Waals surface area contributed by atoms with Gasteiger partial charge in [0.15, 0.2) is 0 Å². The molecule has 0 aliphatic rings. The van der Waals surface area contributed by atoms with Gasteiger partial charge in [-0.1, -0.05) is 43.3 Å². The van der Waals surface area contributed by atoms with Crippen molar-refractivity contribution in [3.8, 4) is 0 Å². The summed E-state index contributed by atoms with van der Waals surface area (Å²) in [6, 6.07) is 16.9. The molecule has 2 aromatic rings.